The molecular formula is C25H27ClFNO2S2. The molecule has 4 rings (SSSR count). The van der Waals surface area contributed by atoms with Crippen LogP contribution in [0, 0.1) is 12.7 Å². The fourth-order valence-electron chi connectivity index (χ4n) is 4.05. The molecule has 1 aromatic carbocycles. The van der Waals surface area contributed by atoms with Gasteiger partial charge in [0.15, 0.2) is 0 Å². The molecule has 0 spiro atoms. The van der Waals surface area contributed by atoms with Crippen molar-refractivity contribution in [2.45, 2.75) is 51.0 Å². The van der Waals surface area contributed by atoms with E-state index >= 15 is 0 Å². The number of aryl methyl sites for hydroxylation is 2. The predicted octanol–water partition coefficient (Wildman–Crippen LogP) is 8.21. The van der Waals surface area contributed by atoms with Gasteiger partial charge in [0, 0.05) is 44.8 Å². The highest BCUT2D eigenvalue weighted by Gasteiger charge is 2.33. The molecule has 0 saturated carbocycles. The molecule has 3 nitrogen and oxygen atoms in total. The third-order valence-corrected chi connectivity index (χ3v) is 7.96. The summed E-state index contributed by atoms with van der Waals surface area (Å²) in [6.45, 7) is 10.2. The van der Waals surface area contributed by atoms with Gasteiger partial charge in [0.05, 0.1) is 11.9 Å². The molecule has 0 bridgehead atoms. The molecule has 32 heavy (non-hydrogen) atoms. The molecule has 1 aliphatic heterocycles. The lowest BCUT2D eigenvalue weighted by Gasteiger charge is -2.12. The molecule has 1 unspecified atom stereocenters. The largest absolute Gasteiger partial charge is 0.481 e. The number of hydrogen-bond donors (Lipinski definition) is 1. The normalized spacial score (nSPS) is 15.4. The van der Waals surface area contributed by atoms with Gasteiger partial charge in [0.2, 0.25) is 0 Å². The Morgan fingerprint density at radius 1 is 1.47 bits per heavy atom. The van der Waals surface area contributed by atoms with Crippen LogP contribution in [0.15, 0.2) is 52.1 Å². The number of carbonyl (C=O) groups is 1. The Labute approximate surface area is 201 Å². The van der Waals surface area contributed by atoms with E-state index in [0.29, 0.717) is 5.88 Å². The minimum Gasteiger partial charge on any atom is -0.481 e. The molecule has 2 aromatic heterocycles. The summed E-state index contributed by atoms with van der Waals surface area (Å²) in [5.41, 5.74) is 3.95. The molecule has 1 aliphatic rings. The summed E-state index contributed by atoms with van der Waals surface area (Å²) in [6.07, 6.45) is 4.58. The fourth-order valence-corrected chi connectivity index (χ4v) is 6.14. The summed E-state index contributed by atoms with van der Waals surface area (Å²) >= 11 is 8.35. The number of carboxylic acid groups (broad SMARTS) is 1. The number of carboxylic acids is 1. The third kappa shape index (κ3) is 4.98. The van der Waals surface area contributed by atoms with E-state index in [1.54, 1.807) is 41.3 Å². The number of allylic oxidation sites excluding steroid dienone is 3. The Balaban J connectivity index is 0.000000668. The maximum Gasteiger partial charge on any atom is 0.304 e. The second kappa shape index (κ2) is 10.7. The van der Waals surface area contributed by atoms with Crippen LogP contribution in [0.25, 0.3) is 21.3 Å². The minimum atomic E-state index is -0.789. The Morgan fingerprint density at radius 3 is 2.75 bits per heavy atom. The van der Waals surface area contributed by atoms with Crippen LogP contribution in [0.3, 0.4) is 0 Å². The van der Waals surface area contributed by atoms with Crippen molar-refractivity contribution in [2.75, 3.05) is 5.88 Å². The number of thioether (sulfide) groups is 1. The summed E-state index contributed by atoms with van der Waals surface area (Å²) in [7, 11) is 0. The van der Waals surface area contributed by atoms with Crippen molar-refractivity contribution in [3.05, 3.63) is 64.3 Å². The Morgan fingerprint density at radius 2 is 2.19 bits per heavy atom. The van der Waals surface area contributed by atoms with Crippen molar-refractivity contribution in [3.63, 3.8) is 0 Å². The first-order valence-electron chi connectivity index (χ1n) is 10.4. The summed E-state index contributed by atoms with van der Waals surface area (Å²) in [5.74, 6) is -0.531. The highest BCUT2D eigenvalue weighted by molar-refractivity contribution is 8.03. The van der Waals surface area contributed by atoms with Gasteiger partial charge in [-0.2, -0.15) is 0 Å². The highest BCUT2D eigenvalue weighted by atomic mass is 35.5. The van der Waals surface area contributed by atoms with Crippen molar-refractivity contribution < 1.29 is 14.3 Å². The van der Waals surface area contributed by atoms with Crippen LogP contribution in [0.2, 0.25) is 0 Å². The first kappa shape index (κ1) is 24.6. The molecule has 0 radical (unpaired) electrons. The van der Waals surface area contributed by atoms with Crippen LogP contribution >= 0.6 is 34.7 Å². The van der Waals surface area contributed by atoms with Crippen LogP contribution < -0.4 is 0 Å². The zero-order chi connectivity index (χ0) is 23.4. The van der Waals surface area contributed by atoms with Crippen LogP contribution in [-0.2, 0) is 11.3 Å². The van der Waals surface area contributed by atoms with Gasteiger partial charge in [0.25, 0.3) is 0 Å². The fraction of sp³-hybridized carbons (Fsp3) is 0.320. The third-order valence-electron chi connectivity index (χ3n) is 5.52. The number of fused-ring (bicyclic) bond motifs is 3. The van der Waals surface area contributed by atoms with E-state index in [1.165, 1.54) is 0 Å². The summed E-state index contributed by atoms with van der Waals surface area (Å²) in [4.78, 5) is 14.7. The topological polar surface area (TPSA) is 42.2 Å². The van der Waals surface area contributed by atoms with Crippen molar-refractivity contribution in [3.8, 4) is 10.4 Å². The van der Waals surface area contributed by atoms with Gasteiger partial charge in [-0.1, -0.05) is 23.9 Å². The van der Waals surface area contributed by atoms with Crippen molar-refractivity contribution in [2.24, 2.45) is 0 Å². The van der Waals surface area contributed by atoms with Gasteiger partial charge in [-0.05, 0) is 61.2 Å². The molecule has 1 N–H and O–H groups in total. The summed E-state index contributed by atoms with van der Waals surface area (Å²) in [6, 6.07) is 5.28. The van der Waals surface area contributed by atoms with Crippen LogP contribution in [0.1, 0.15) is 43.9 Å². The number of thiophene rings is 1. The van der Waals surface area contributed by atoms with Gasteiger partial charge in [-0.25, -0.2) is 4.39 Å². The molecule has 3 aromatic rings. The molecular weight excluding hydrogens is 465 g/mol. The lowest BCUT2D eigenvalue weighted by atomic mass is 9.98. The molecule has 0 fully saturated rings. The standard InChI is InChI=1S/C22H22FNO2S2.C3H5Cl/c1-4-13(3)28-22-19-16(21-12(2)6-8-27-21)10-15(23)11-17(19)24-7-5-14(20(22)24)9-18(25)26;1-2-3-4/h4,6,8,10-11,14H,5,7,9H2,1-3H3,(H,25,26);2H,1,3H2/b13-4+;. The summed E-state index contributed by atoms with van der Waals surface area (Å²) < 4.78 is 16.8. The van der Waals surface area contributed by atoms with Crippen LogP contribution in [0.4, 0.5) is 4.39 Å². The number of alkyl halides is 1. The Hall–Kier alpha value is -2.02. The van der Waals surface area contributed by atoms with Gasteiger partial charge < -0.3 is 9.67 Å². The molecule has 0 saturated heterocycles. The average molecular weight is 492 g/mol. The molecule has 0 aliphatic carbocycles. The van der Waals surface area contributed by atoms with E-state index < -0.39 is 5.97 Å². The van der Waals surface area contributed by atoms with Crippen LogP contribution in [-0.4, -0.2) is 21.5 Å². The number of aromatic nitrogens is 1. The van der Waals surface area contributed by atoms with Crippen molar-refractivity contribution in [1.82, 2.24) is 4.57 Å². The first-order valence-corrected chi connectivity index (χ1v) is 12.6. The number of rotatable bonds is 6. The van der Waals surface area contributed by atoms with E-state index in [-0.39, 0.29) is 18.2 Å². The van der Waals surface area contributed by atoms with Gasteiger partial charge in [0.1, 0.15) is 5.82 Å². The van der Waals surface area contributed by atoms with Gasteiger partial charge >= 0.3 is 5.97 Å². The molecule has 170 valence electrons. The zero-order valence-electron chi connectivity index (χ0n) is 18.5. The predicted molar refractivity (Wildman–Crippen MR) is 136 cm³/mol. The van der Waals surface area contributed by atoms with Crippen molar-refractivity contribution in [1.29, 1.82) is 0 Å². The number of aliphatic carboxylic acids is 1. The Kier molecular flexibility index (Phi) is 8.26. The SMILES string of the molecule is C/C=C(\C)Sc1c2n(c3cc(F)cc(-c4sccc4C)c13)CCC2CC(=O)O.C=CCCl. The van der Waals surface area contributed by atoms with E-state index in [1.807, 2.05) is 19.2 Å². The lowest BCUT2D eigenvalue weighted by molar-refractivity contribution is -0.137. The monoisotopic (exact) mass is 491 g/mol. The van der Waals surface area contributed by atoms with E-state index in [4.69, 9.17) is 11.6 Å². The smallest absolute Gasteiger partial charge is 0.304 e. The Bertz CT molecular complexity index is 1180. The van der Waals surface area contributed by atoms with E-state index in [2.05, 4.69) is 30.2 Å². The van der Waals surface area contributed by atoms with Crippen LogP contribution in [0.5, 0.6) is 0 Å². The highest BCUT2D eigenvalue weighted by Crippen LogP contribution is 2.50. The van der Waals surface area contributed by atoms with Gasteiger partial charge in [-0.3, -0.25) is 4.79 Å². The quantitative estimate of drug-likeness (QED) is 0.214. The maximum atomic E-state index is 14.6. The second-order valence-electron chi connectivity index (χ2n) is 7.67. The summed E-state index contributed by atoms with van der Waals surface area (Å²) in [5, 5.41) is 12.5. The zero-order valence-corrected chi connectivity index (χ0v) is 20.8. The molecule has 3 heterocycles. The maximum absolute atomic E-state index is 14.6. The number of benzene rings is 1. The number of nitrogens with zero attached hydrogens (tertiary/aromatic N) is 1. The first-order chi connectivity index (χ1) is 15.3. The molecule has 1 atom stereocenters. The molecule has 0 amide bonds. The number of halogens is 2. The van der Waals surface area contributed by atoms with E-state index in [9.17, 15) is 14.3 Å². The average Bonchev–Trinajstić information content (AvgIpc) is 3.44. The second-order valence-corrected chi connectivity index (χ2v) is 10.2. The minimum absolute atomic E-state index is 0.0441. The van der Waals surface area contributed by atoms with Gasteiger partial charge in [-0.15, -0.1) is 29.5 Å². The van der Waals surface area contributed by atoms with E-state index in [0.717, 1.165) is 55.4 Å². The molecule has 7 heteroatoms. The lowest BCUT2D eigenvalue weighted by Crippen LogP contribution is -2.04. The van der Waals surface area contributed by atoms with Crippen molar-refractivity contribution >= 4 is 51.6 Å². The number of hydrogen-bond acceptors (Lipinski definition) is 3.